The number of hydrogen-bond donors (Lipinski definition) is 2. The Morgan fingerprint density at radius 3 is 2.36 bits per heavy atom. The Morgan fingerprint density at radius 1 is 0.970 bits per heavy atom. The molecule has 0 radical (unpaired) electrons. The van der Waals surface area contributed by atoms with Crippen molar-refractivity contribution in [3.63, 3.8) is 0 Å². The van der Waals surface area contributed by atoms with Crippen molar-refractivity contribution in [2.75, 3.05) is 42.9 Å². The summed E-state index contributed by atoms with van der Waals surface area (Å²) in [5.74, 6) is 0.723. The second kappa shape index (κ2) is 11.7. The van der Waals surface area contributed by atoms with Gasteiger partial charge in [0.2, 0.25) is 0 Å². The lowest BCUT2D eigenvalue weighted by molar-refractivity contribution is 0.188. The number of piperazine rings is 1. The number of urea groups is 1. The summed E-state index contributed by atoms with van der Waals surface area (Å²) in [6.07, 6.45) is 5.54. The molecule has 5 nitrogen and oxygen atoms in total. The summed E-state index contributed by atoms with van der Waals surface area (Å²) in [6.45, 7) is 5.16. The Balaban J connectivity index is 1.16. The third-order valence-corrected chi connectivity index (χ3v) is 8.21. The second-order valence-corrected chi connectivity index (χ2v) is 10.2. The van der Waals surface area contributed by atoms with Gasteiger partial charge in [0.05, 0.1) is 15.7 Å². The van der Waals surface area contributed by atoms with Crippen molar-refractivity contribution in [3.05, 3.63) is 58.6 Å². The first-order valence-electron chi connectivity index (χ1n) is 11.8. The smallest absolute Gasteiger partial charge is 0.331 e. The molecule has 0 atom stereocenters. The van der Waals surface area contributed by atoms with E-state index in [4.69, 9.17) is 23.2 Å². The molecule has 1 aliphatic heterocycles. The fraction of sp³-hybridized carbons (Fsp3) is 0.480. The zero-order valence-electron chi connectivity index (χ0n) is 18.8. The summed E-state index contributed by atoms with van der Waals surface area (Å²) in [4.78, 5) is 17.4. The van der Waals surface area contributed by atoms with Crippen LogP contribution in [0, 0.1) is 5.92 Å². The van der Waals surface area contributed by atoms with Crippen LogP contribution in [0.1, 0.15) is 32.1 Å². The number of para-hydroxylation sites is 1. The van der Waals surface area contributed by atoms with Crippen LogP contribution in [-0.4, -0.2) is 54.0 Å². The average molecular weight is 508 g/mol. The number of hydrogen-bond acceptors (Lipinski definition) is 4. The van der Waals surface area contributed by atoms with Crippen molar-refractivity contribution < 1.29 is 4.79 Å². The van der Waals surface area contributed by atoms with Crippen LogP contribution in [-0.2, 0) is 0 Å². The minimum atomic E-state index is -0.148. The van der Waals surface area contributed by atoms with Gasteiger partial charge in [0.25, 0.3) is 0 Å². The van der Waals surface area contributed by atoms with E-state index in [1.165, 1.54) is 6.42 Å². The first-order chi connectivity index (χ1) is 16.0. The molecule has 2 aliphatic rings. The molecule has 1 saturated heterocycles. The van der Waals surface area contributed by atoms with Gasteiger partial charge in [-0.05, 0) is 68.8 Å². The van der Waals surface area contributed by atoms with Crippen molar-refractivity contribution in [2.45, 2.75) is 38.1 Å². The molecule has 0 unspecified atom stereocenters. The fourth-order valence-corrected chi connectivity index (χ4v) is 5.56. The minimum absolute atomic E-state index is 0.148. The number of nitrogens with one attached hydrogen (secondary N) is 1. The first kappa shape index (κ1) is 24.5. The van der Waals surface area contributed by atoms with Gasteiger partial charge in [0, 0.05) is 37.9 Å². The highest BCUT2D eigenvalue weighted by molar-refractivity contribution is 7.78. The lowest BCUT2D eigenvalue weighted by Crippen LogP contribution is -2.47. The lowest BCUT2D eigenvalue weighted by atomic mass is 9.84. The SMILES string of the molecule is O=C(Nc1ccccc1)N(S)C1CCC(CCN2CCN(c3cccc(Cl)c3Cl)CC2)CC1. The summed E-state index contributed by atoms with van der Waals surface area (Å²) < 4.78 is 1.59. The fourth-order valence-electron chi connectivity index (χ4n) is 4.86. The highest BCUT2D eigenvalue weighted by atomic mass is 35.5. The van der Waals surface area contributed by atoms with E-state index in [-0.39, 0.29) is 12.1 Å². The predicted molar refractivity (Wildman–Crippen MR) is 142 cm³/mol. The van der Waals surface area contributed by atoms with Gasteiger partial charge in [-0.3, -0.25) is 9.21 Å². The van der Waals surface area contributed by atoms with Gasteiger partial charge in [-0.2, -0.15) is 0 Å². The van der Waals surface area contributed by atoms with E-state index in [1.807, 2.05) is 48.5 Å². The molecule has 33 heavy (non-hydrogen) atoms. The van der Waals surface area contributed by atoms with Crippen molar-refractivity contribution in [1.82, 2.24) is 9.21 Å². The van der Waals surface area contributed by atoms with Crippen LogP contribution in [0.2, 0.25) is 10.0 Å². The molecule has 1 aliphatic carbocycles. The van der Waals surface area contributed by atoms with Crippen molar-refractivity contribution in [3.8, 4) is 0 Å². The van der Waals surface area contributed by atoms with Gasteiger partial charge in [-0.25, -0.2) is 4.79 Å². The number of carbonyl (C=O) groups is 1. The molecular weight excluding hydrogens is 475 g/mol. The second-order valence-electron chi connectivity index (χ2n) is 9.01. The maximum Gasteiger partial charge on any atom is 0.331 e. The molecule has 0 aromatic heterocycles. The zero-order chi connectivity index (χ0) is 23.2. The van der Waals surface area contributed by atoms with Gasteiger partial charge < -0.3 is 10.2 Å². The number of amides is 2. The van der Waals surface area contributed by atoms with E-state index in [2.05, 4.69) is 27.9 Å². The molecular formula is C25H32Cl2N4OS. The van der Waals surface area contributed by atoms with Gasteiger partial charge in [0.1, 0.15) is 0 Å². The molecule has 2 aromatic carbocycles. The van der Waals surface area contributed by atoms with E-state index in [0.29, 0.717) is 10.0 Å². The third kappa shape index (κ3) is 6.50. The van der Waals surface area contributed by atoms with Gasteiger partial charge in [0.15, 0.2) is 0 Å². The Bertz CT molecular complexity index is 916. The number of anilines is 2. The quantitative estimate of drug-likeness (QED) is 0.442. The average Bonchev–Trinajstić information content (AvgIpc) is 2.85. The molecule has 1 N–H and O–H groups in total. The van der Waals surface area contributed by atoms with Gasteiger partial charge in [-0.15, -0.1) is 0 Å². The van der Waals surface area contributed by atoms with Crippen molar-refractivity contribution >= 4 is 53.4 Å². The Hall–Kier alpha value is -1.60. The maximum absolute atomic E-state index is 12.5. The normalized spacial score (nSPS) is 21.6. The van der Waals surface area contributed by atoms with Crippen LogP contribution >= 0.6 is 36.0 Å². The number of rotatable bonds is 6. The molecule has 4 rings (SSSR count). The maximum atomic E-state index is 12.5. The van der Waals surface area contributed by atoms with E-state index < -0.39 is 0 Å². The number of carbonyl (C=O) groups excluding carboxylic acids is 1. The van der Waals surface area contributed by atoms with Crippen LogP contribution in [0.25, 0.3) is 0 Å². The zero-order valence-corrected chi connectivity index (χ0v) is 21.2. The highest BCUT2D eigenvalue weighted by Crippen LogP contribution is 2.34. The predicted octanol–water partition coefficient (Wildman–Crippen LogP) is 6.44. The molecule has 1 heterocycles. The lowest BCUT2D eigenvalue weighted by Gasteiger charge is -2.38. The number of thiol groups is 1. The van der Waals surface area contributed by atoms with Crippen molar-refractivity contribution in [1.29, 1.82) is 0 Å². The van der Waals surface area contributed by atoms with Crippen LogP contribution in [0.15, 0.2) is 48.5 Å². The molecule has 1 saturated carbocycles. The van der Waals surface area contributed by atoms with Crippen LogP contribution in [0.4, 0.5) is 16.2 Å². The highest BCUT2D eigenvalue weighted by Gasteiger charge is 2.28. The molecule has 2 aromatic rings. The van der Waals surface area contributed by atoms with Crippen LogP contribution in [0.3, 0.4) is 0 Å². The topological polar surface area (TPSA) is 38.8 Å². The summed E-state index contributed by atoms with van der Waals surface area (Å²) >= 11 is 17.1. The number of halogens is 2. The van der Waals surface area contributed by atoms with E-state index in [9.17, 15) is 4.79 Å². The molecule has 0 bridgehead atoms. The molecule has 8 heteroatoms. The third-order valence-electron chi connectivity index (χ3n) is 6.89. The molecule has 2 fully saturated rings. The number of benzene rings is 2. The summed E-state index contributed by atoms with van der Waals surface area (Å²) in [5.41, 5.74) is 1.84. The summed E-state index contributed by atoms with van der Waals surface area (Å²) in [5, 5.41) is 4.19. The van der Waals surface area contributed by atoms with Gasteiger partial charge in [-0.1, -0.05) is 60.3 Å². The van der Waals surface area contributed by atoms with Gasteiger partial charge >= 0.3 is 6.03 Å². The Morgan fingerprint density at radius 2 is 1.67 bits per heavy atom. The van der Waals surface area contributed by atoms with E-state index in [1.54, 1.807) is 4.31 Å². The van der Waals surface area contributed by atoms with E-state index in [0.717, 1.165) is 75.7 Å². The summed E-state index contributed by atoms with van der Waals surface area (Å²) in [7, 11) is 0. The van der Waals surface area contributed by atoms with Crippen LogP contribution < -0.4 is 10.2 Å². The van der Waals surface area contributed by atoms with Crippen molar-refractivity contribution in [2.24, 2.45) is 5.92 Å². The largest absolute Gasteiger partial charge is 0.368 e. The number of nitrogens with zero attached hydrogens (tertiary/aromatic N) is 3. The summed E-state index contributed by atoms with van der Waals surface area (Å²) in [6, 6.07) is 15.4. The molecule has 178 valence electrons. The standard InChI is InChI=1S/C25H32Cl2N4OS/c26-22-7-4-8-23(24(22)27)30-17-15-29(16-18-30)14-13-19-9-11-21(12-10-19)31(33)25(32)28-20-5-2-1-3-6-20/h1-8,19,21,33H,9-18H2,(H,28,32). The first-order valence-corrected chi connectivity index (χ1v) is 12.9. The van der Waals surface area contributed by atoms with E-state index >= 15 is 0 Å². The monoisotopic (exact) mass is 506 g/mol. The Kier molecular flexibility index (Phi) is 8.69. The minimum Gasteiger partial charge on any atom is -0.368 e. The molecule has 0 spiro atoms. The van der Waals surface area contributed by atoms with Crippen LogP contribution in [0.5, 0.6) is 0 Å². The molecule has 2 amide bonds. The Labute approximate surface area is 212 Å².